The summed E-state index contributed by atoms with van der Waals surface area (Å²) in [6.07, 6.45) is 0. The van der Waals surface area contributed by atoms with Crippen LogP contribution in [0.15, 0.2) is 20.6 Å². The maximum absolute atomic E-state index is 11.2. The topological polar surface area (TPSA) is 34.1 Å². The third-order valence-corrected chi connectivity index (χ3v) is 6.07. The molecule has 0 aliphatic heterocycles. The van der Waals surface area contributed by atoms with E-state index in [0.717, 1.165) is 20.6 Å². The van der Waals surface area contributed by atoms with Gasteiger partial charge in [-0.25, -0.2) is 0 Å². The fourth-order valence-electron chi connectivity index (χ4n) is 1.61. The number of rotatable bonds is 1. The minimum Gasteiger partial charge on any atom is -0.147 e. The van der Waals surface area contributed by atoms with Crippen LogP contribution in [0.2, 0.25) is 0 Å². The fourth-order valence-corrected chi connectivity index (χ4v) is 3.42. The van der Waals surface area contributed by atoms with Crippen LogP contribution in [-0.2, 0) is 29.6 Å². The average Bonchev–Trinajstić information content (AvgIpc) is 2.22. The predicted octanol–water partition coefficient (Wildman–Crippen LogP) is 3.93. The normalized spacial score (nSPS) is 24.7. The number of hydrogen-bond acceptors (Lipinski definition) is 2. The zero-order valence-corrected chi connectivity index (χ0v) is 13.2. The molecule has 2 nitrogen and oxygen atoms in total. The Balaban J connectivity index is 0. The van der Waals surface area contributed by atoms with Gasteiger partial charge in [-0.1, -0.05) is 0 Å². The fraction of sp³-hybridized carbons (Fsp3) is 0.556. The van der Waals surface area contributed by atoms with Gasteiger partial charge in [-0.2, -0.15) is 0 Å². The predicted molar refractivity (Wildman–Crippen MR) is 62.3 cm³/mol. The van der Waals surface area contributed by atoms with Crippen LogP contribution in [0.5, 0.6) is 0 Å². The first-order valence-electron chi connectivity index (χ1n) is 4.09. The molecule has 0 aromatic carbocycles. The van der Waals surface area contributed by atoms with Gasteiger partial charge in [-0.15, -0.1) is 24.8 Å². The molecule has 0 N–H and O–H groups in total. The molecule has 0 aromatic rings. The molecule has 15 heavy (non-hydrogen) atoms. The van der Waals surface area contributed by atoms with Crippen molar-refractivity contribution < 1.29 is 29.6 Å². The Morgan fingerprint density at radius 3 is 1.60 bits per heavy atom. The van der Waals surface area contributed by atoms with E-state index in [-0.39, 0.29) is 24.8 Å². The molecule has 0 fully saturated rings. The van der Waals surface area contributed by atoms with Crippen LogP contribution in [0.3, 0.4) is 0 Å². The van der Waals surface area contributed by atoms with Gasteiger partial charge >= 0.3 is 90.7 Å². The van der Waals surface area contributed by atoms with Gasteiger partial charge in [-0.05, 0) is 0 Å². The molecule has 1 atom stereocenters. The standard InChI is InChI=1S/C9H12O2P.2ClH.Ti/c1-6-5-9(4,12(10)11)8(3)7(6)2;;;/h1-4H3;2*1H;. The van der Waals surface area contributed by atoms with Crippen molar-refractivity contribution in [2.45, 2.75) is 32.9 Å². The Morgan fingerprint density at radius 1 is 1.07 bits per heavy atom. The third kappa shape index (κ3) is 2.51. The molecule has 0 aromatic heterocycles. The van der Waals surface area contributed by atoms with Crippen molar-refractivity contribution in [2.75, 3.05) is 0 Å². The summed E-state index contributed by atoms with van der Waals surface area (Å²) < 4.78 is 23.4. The molecule has 1 rings (SSSR count). The van der Waals surface area contributed by atoms with Crippen molar-refractivity contribution in [3.8, 4) is 0 Å². The van der Waals surface area contributed by atoms with Crippen molar-refractivity contribution in [2.24, 2.45) is 0 Å². The summed E-state index contributed by atoms with van der Waals surface area (Å²) in [4.78, 5) is 0. The van der Waals surface area contributed by atoms with Gasteiger partial charge in [0.15, 0.2) is 0 Å². The largest absolute Gasteiger partial charge is 0.147 e. The number of allylic oxidation sites excluding steroid dienone is 4. The van der Waals surface area contributed by atoms with Crippen LogP contribution < -0.4 is 0 Å². The zero-order chi connectivity index (χ0) is 10.4. The maximum atomic E-state index is 11.2. The quantitative estimate of drug-likeness (QED) is 0.543. The Labute approximate surface area is 115 Å². The summed E-state index contributed by atoms with van der Waals surface area (Å²) in [6, 6.07) is 0. The SMILES string of the molecule is CC1=C(C)C(C)(P(=O)=O)[C]([Ti])=C1C.Cl.Cl. The van der Waals surface area contributed by atoms with Gasteiger partial charge in [0.2, 0.25) is 0 Å². The van der Waals surface area contributed by atoms with E-state index in [1.807, 2.05) is 41.2 Å². The van der Waals surface area contributed by atoms with Crippen LogP contribution in [0, 0.1) is 0 Å². The molecular weight excluding hydrogens is 290 g/mol. The number of halogens is 2. The minimum atomic E-state index is -2.43. The molecule has 0 saturated heterocycles. The van der Waals surface area contributed by atoms with Crippen LogP contribution in [0.25, 0.3) is 0 Å². The van der Waals surface area contributed by atoms with E-state index in [1.54, 1.807) is 6.92 Å². The van der Waals surface area contributed by atoms with Gasteiger partial charge in [0.05, 0.1) is 0 Å². The van der Waals surface area contributed by atoms with E-state index in [2.05, 4.69) is 0 Å². The molecule has 85 valence electrons. The van der Waals surface area contributed by atoms with E-state index in [1.165, 1.54) is 0 Å². The summed E-state index contributed by atoms with van der Waals surface area (Å²) in [5.41, 5.74) is 3.22. The van der Waals surface area contributed by atoms with Gasteiger partial charge in [0, 0.05) is 0 Å². The van der Waals surface area contributed by atoms with E-state index in [4.69, 9.17) is 0 Å². The van der Waals surface area contributed by atoms with Crippen molar-refractivity contribution >= 4 is 32.5 Å². The second-order valence-corrected chi connectivity index (χ2v) is 5.77. The van der Waals surface area contributed by atoms with Crippen molar-refractivity contribution in [1.82, 2.24) is 0 Å². The molecular formula is C9H14Cl2O2PTi. The van der Waals surface area contributed by atoms with Gasteiger partial charge in [0.25, 0.3) is 0 Å². The Morgan fingerprint density at radius 2 is 1.47 bits per heavy atom. The van der Waals surface area contributed by atoms with Gasteiger partial charge in [0.1, 0.15) is 0 Å². The van der Waals surface area contributed by atoms with Gasteiger partial charge in [-0.3, -0.25) is 0 Å². The monoisotopic (exact) mass is 303 g/mol. The second-order valence-electron chi connectivity index (χ2n) is 3.58. The van der Waals surface area contributed by atoms with Gasteiger partial charge < -0.3 is 0 Å². The number of hydrogen-bond donors (Lipinski definition) is 0. The van der Waals surface area contributed by atoms with Crippen LogP contribution in [0.4, 0.5) is 0 Å². The molecule has 1 aliphatic rings. The van der Waals surface area contributed by atoms with Crippen molar-refractivity contribution in [3.05, 3.63) is 20.6 Å². The Kier molecular flexibility index (Phi) is 7.03. The first-order valence-corrected chi connectivity index (χ1v) is 6.05. The molecule has 1 aliphatic carbocycles. The molecule has 0 heterocycles. The summed E-state index contributed by atoms with van der Waals surface area (Å²) >= 11 is 1.90. The summed E-state index contributed by atoms with van der Waals surface area (Å²) in [6.45, 7) is 7.65. The summed E-state index contributed by atoms with van der Waals surface area (Å²) in [7, 11) is -2.43. The van der Waals surface area contributed by atoms with Crippen LogP contribution in [-0.4, -0.2) is 5.16 Å². The minimum absolute atomic E-state index is 0. The van der Waals surface area contributed by atoms with Crippen LogP contribution >= 0.6 is 32.5 Å². The Bertz CT molecular complexity index is 365. The molecule has 6 heteroatoms. The molecule has 1 unspecified atom stereocenters. The van der Waals surface area contributed by atoms with E-state index >= 15 is 0 Å². The van der Waals surface area contributed by atoms with E-state index < -0.39 is 12.8 Å². The van der Waals surface area contributed by atoms with E-state index in [0.29, 0.717) is 0 Å². The van der Waals surface area contributed by atoms with Crippen molar-refractivity contribution in [1.29, 1.82) is 0 Å². The smallest absolute Gasteiger partial charge is 0.147 e. The first kappa shape index (κ1) is 18.1. The molecule has 0 radical (unpaired) electrons. The molecule has 0 saturated carbocycles. The van der Waals surface area contributed by atoms with Crippen molar-refractivity contribution in [3.63, 3.8) is 0 Å². The Hall–Kier alpha value is 0.674. The summed E-state index contributed by atoms with van der Waals surface area (Å²) in [5.74, 6) is 0. The average molecular weight is 304 g/mol. The second kappa shape index (κ2) is 5.84. The van der Waals surface area contributed by atoms with Crippen LogP contribution in [0.1, 0.15) is 27.7 Å². The zero-order valence-electron chi connectivity index (χ0n) is 9.08. The molecule has 0 bridgehead atoms. The molecule has 0 amide bonds. The first-order chi connectivity index (χ1) is 5.83. The van der Waals surface area contributed by atoms with E-state index in [9.17, 15) is 9.13 Å². The molecule has 0 spiro atoms. The summed E-state index contributed by atoms with van der Waals surface area (Å²) in [5, 5.41) is -0.733. The maximum Gasteiger partial charge on any atom is -0.147 e. The third-order valence-electron chi connectivity index (χ3n) is 3.08.